The molecular formula is C29H22N8O2. The van der Waals surface area contributed by atoms with Crippen LogP contribution in [0.15, 0.2) is 94.7 Å². The number of nitrogens with zero attached hydrogens (tertiary/aromatic N) is 6. The summed E-state index contributed by atoms with van der Waals surface area (Å²) in [5, 5.41) is 14.3. The van der Waals surface area contributed by atoms with Crippen molar-refractivity contribution in [3.8, 4) is 22.7 Å². The summed E-state index contributed by atoms with van der Waals surface area (Å²) in [7, 11) is 0. The Hall–Kier alpha value is -5.25. The van der Waals surface area contributed by atoms with E-state index in [-0.39, 0.29) is 17.8 Å². The smallest absolute Gasteiger partial charge is 0.317 e. The van der Waals surface area contributed by atoms with Crippen molar-refractivity contribution in [1.29, 1.82) is 0 Å². The monoisotopic (exact) mass is 514 g/mol. The maximum Gasteiger partial charge on any atom is 0.317 e. The third kappa shape index (κ3) is 4.52. The lowest BCUT2D eigenvalue weighted by molar-refractivity contribution is -0.116. The number of rotatable bonds is 6. The van der Waals surface area contributed by atoms with Gasteiger partial charge in [0.25, 0.3) is 11.8 Å². The van der Waals surface area contributed by atoms with Crippen molar-refractivity contribution in [2.24, 2.45) is 4.99 Å². The van der Waals surface area contributed by atoms with Crippen LogP contribution in [0, 0.1) is 0 Å². The Kier molecular flexibility index (Phi) is 5.62. The van der Waals surface area contributed by atoms with Gasteiger partial charge < -0.3 is 15.1 Å². The second-order valence-corrected chi connectivity index (χ2v) is 9.34. The summed E-state index contributed by atoms with van der Waals surface area (Å²) in [6.45, 7) is 0. The van der Waals surface area contributed by atoms with Gasteiger partial charge in [0.1, 0.15) is 5.82 Å². The van der Waals surface area contributed by atoms with Crippen molar-refractivity contribution in [3.05, 3.63) is 102 Å². The van der Waals surface area contributed by atoms with Crippen LogP contribution < -0.4 is 10.6 Å². The van der Waals surface area contributed by atoms with Crippen LogP contribution >= 0.6 is 0 Å². The third-order valence-corrected chi connectivity index (χ3v) is 6.60. The highest BCUT2D eigenvalue weighted by Gasteiger charge is 2.28. The van der Waals surface area contributed by atoms with Crippen LogP contribution in [0.25, 0.3) is 22.7 Å². The number of pyridine rings is 1. The predicted octanol–water partition coefficient (Wildman–Crippen LogP) is 4.69. The standard InChI is InChI=1S/C29H22N8O2/c38-27-26(34-24(17-7-2-1-3-8-17)20-9-4-5-11-22(20)33-27)35-29-37-36-28(39-29)21-10-6-14-30-23(21)19-15-31-25(32-16-19)18-12-13-18/h1-11,14-16,18,26H,12-13H2,(H,33,38)(H,35,37). The zero-order valence-corrected chi connectivity index (χ0v) is 20.7. The molecule has 1 amide bonds. The molecule has 4 heterocycles. The SMILES string of the molecule is O=C1Nc2ccccc2C(c2ccccc2)=NC1Nc1nnc(-c2cccnc2-c2cnc(C3CC3)nc2)o1. The molecule has 2 aliphatic rings. The van der Waals surface area contributed by atoms with Crippen molar-refractivity contribution in [3.63, 3.8) is 0 Å². The van der Waals surface area contributed by atoms with Gasteiger partial charge in [-0.3, -0.25) is 9.78 Å². The van der Waals surface area contributed by atoms with Crippen LogP contribution in [-0.2, 0) is 4.79 Å². The lowest BCUT2D eigenvalue weighted by atomic mass is 10.0. The normalized spacial score (nSPS) is 16.6. The average molecular weight is 515 g/mol. The molecule has 190 valence electrons. The minimum atomic E-state index is -1.00. The fourth-order valence-corrected chi connectivity index (χ4v) is 4.51. The summed E-state index contributed by atoms with van der Waals surface area (Å²) in [6, 6.07) is 21.0. The van der Waals surface area contributed by atoms with E-state index >= 15 is 0 Å². The molecule has 10 heteroatoms. The molecule has 0 radical (unpaired) electrons. The van der Waals surface area contributed by atoms with Gasteiger partial charge in [-0.15, -0.1) is 5.10 Å². The van der Waals surface area contributed by atoms with Gasteiger partial charge in [0, 0.05) is 41.2 Å². The van der Waals surface area contributed by atoms with E-state index < -0.39 is 6.17 Å². The van der Waals surface area contributed by atoms with Crippen molar-refractivity contribution < 1.29 is 9.21 Å². The first-order valence-electron chi connectivity index (χ1n) is 12.6. The number of amides is 1. The highest BCUT2D eigenvalue weighted by Crippen LogP contribution is 2.38. The number of carbonyl (C=O) groups is 1. The number of nitrogens with one attached hydrogen (secondary N) is 2. The maximum absolute atomic E-state index is 13.2. The van der Waals surface area contributed by atoms with E-state index in [1.807, 2.05) is 60.7 Å². The number of benzene rings is 2. The molecular weight excluding hydrogens is 492 g/mol. The molecule has 2 N–H and O–H groups in total. The Balaban J connectivity index is 1.20. The zero-order valence-electron chi connectivity index (χ0n) is 20.7. The molecule has 1 saturated carbocycles. The van der Waals surface area contributed by atoms with Crippen LogP contribution in [0.2, 0.25) is 0 Å². The van der Waals surface area contributed by atoms with E-state index in [4.69, 9.17) is 9.41 Å². The fourth-order valence-electron chi connectivity index (χ4n) is 4.51. The number of para-hydroxylation sites is 1. The molecule has 7 rings (SSSR count). The Bertz CT molecular complexity index is 1690. The predicted molar refractivity (Wildman–Crippen MR) is 145 cm³/mol. The molecule has 1 atom stereocenters. The van der Waals surface area contributed by atoms with E-state index in [2.05, 4.69) is 35.8 Å². The van der Waals surface area contributed by atoms with Crippen molar-refractivity contribution >= 4 is 23.3 Å². The van der Waals surface area contributed by atoms with Gasteiger partial charge in [-0.05, 0) is 31.0 Å². The highest BCUT2D eigenvalue weighted by atomic mass is 16.4. The molecule has 0 spiro atoms. The number of fused-ring (bicyclic) bond motifs is 1. The Labute approximate surface area is 223 Å². The first-order valence-corrected chi connectivity index (χ1v) is 12.6. The number of hydrogen-bond donors (Lipinski definition) is 2. The second-order valence-electron chi connectivity index (χ2n) is 9.34. The van der Waals surface area contributed by atoms with E-state index in [0.717, 1.165) is 35.4 Å². The molecule has 1 fully saturated rings. The van der Waals surface area contributed by atoms with Crippen LogP contribution in [0.4, 0.5) is 11.7 Å². The molecule has 10 nitrogen and oxygen atoms in total. The van der Waals surface area contributed by atoms with Gasteiger partial charge >= 0.3 is 6.01 Å². The summed E-state index contributed by atoms with van der Waals surface area (Å²) in [6.07, 6.45) is 6.50. The van der Waals surface area contributed by atoms with E-state index in [9.17, 15) is 4.79 Å². The molecule has 1 aliphatic carbocycles. The summed E-state index contributed by atoms with van der Waals surface area (Å²) < 4.78 is 5.95. The third-order valence-electron chi connectivity index (χ3n) is 6.60. The number of aromatic nitrogens is 5. The Morgan fingerprint density at radius 1 is 0.821 bits per heavy atom. The lowest BCUT2D eigenvalue weighted by Crippen LogP contribution is -2.32. The largest absolute Gasteiger partial charge is 0.403 e. The summed E-state index contributed by atoms with van der Waals surface area (Å²) in [5.41, 5.74) is 5.06. The van der Waals surface area contributed by atoms with Gasteiger partial charge in [0.15, 0.2) is 0 Å². The molecule has 3 aromatic heterocycles. The summed E-state index contributed by atoms with van der Waals surface area (Å²) in [5.74, 6) is 1.23. The molecule has 39 heavy (non-hydrogen) atoms. The minimum absolute atomic E-state index is 0.0578. The van der Waals surface area contributed by atoms with Crippen molar-refractivity contribution in [2.45, 2.75) is 24.9 Å². The van der Waals surface area contributed by atoms with Crippen LogP contribution in [0.1, 0.15) is 35.7 Å². The van der Waals surface area contributed by atoms with E-state index in [0.29, 0.717) is 28.6 Å². The Morgan fingerprint density at radius 2 is 1.59 bits per heavy atom. The lowest BCUT2D eigenvalue weighted by Gasteiger charge is -2.11. The quantitative estimate of drug-likeness (QED) is 0.334. The molecule has 0 bridgehead atoms. The highest BCUT2D eigenvalue weighted by molar-refractivity contribution is 6.19. The van der Waals surface area contributed by atoms with Crippen molar-refractivity contribution in [2.75, 3.05) is 10.6 Å². The fraction of sp³-hybridized carbons (Fsp3) is 0.138. The number of benzodiazepines with no additional fused rings is 1. The molecule has 1 unspecified atom stereocenters. The number of carbonyl (C=O) groups excluding carboxylic acids is 1. The van der Waals surface area contributed by atoms with Gasteiger partial charge in [-0.25, -0.2) is 15.0 Å². The van der Waals surface area contributed by atoms with Gasteiger partial charge in [0.05, 0.1) is 22.7 Å². The topological polar surface area (TPSA) is 131 Å². The number of anilines is 2. The molecule has 0 saturated heterocycles. The van der Waals surface area contributed by atoms with E-state index in [1.165, 1.54) is 0 Å². The molecule has 2 aromatic carbocycles. The molecule has 5 aromatic rings. The maximum atomic E-state index is 13.2. The van der Waals surface area contributed by atoms with Crippen molar-refractivity contribution in [1.82, 2.24) is 25.1 Å². The average Bonchev–Trinajstić information content (AvgIpc) is 3.76. The summed E-state index contributed by atoms with van der Waals surface area (Å²) >= 11 is 0. The minimum Gasteiger partial charge on any atom is -0.403 e. The van der Waals surface area contributed by atoms with Gasteiger partial charge in [-0.2, -0.15) is 0 Å². The first kappa shape index (κ1) is 22.9. The zero-order chi connectivity index (χ0) is 26.2. The first-order chi connectivity index (χ1) is 19.2. The second kappa shape index (κ2) is 9.56. The Morgan fingerprint density at radius 3 is 2.41 bits per heavy atom. The number of aliphatic imine (C=N–C) groups is 1. The van der Waals surface area contributed by atoms with Crippen LogP contribution in [-0.4, -0.2) is 42.9 Å². The number of hydrogen-bond acceptors (Lipinski definition) is 9. The summed E-state index contributed by atoms with van der Waals surface area (Å²) in [4.78, 5) is 31.5. The van der Waals surface area contributed by atoms with E-state index in [1.54, 1.807) is 24.7 Å². The van der Waals surface area contributed by atoms with Gasteiger partial charge in [0.2, 0.25) is 6.17 Å². The molecule has 1 aliphatic heterocycles. The van der Waals surface area contributed by atoms with Crippen LogP contribution in [0.3, 0.4) is 0 Å². The van der Waals surface area contributed by atoms with Crippen LogP contribution in [0.5, 0.6) is 0 Å². The van der Waals surface area contributed by atoms with Gasteiger partial charge in [-0.1, -0.05) is 53.6 Å².